The minimum absolute atomic E-state index is 0.0681. The maximum Gasteiger partial charge on any atom is 0.258 e. The molecule has 1 aromatic carbocycles. The van der Waals surface area contributed by atoms with Crippen molar-refractivity contribution in [2.75, 3.05) is 11.9 Å². The van der Waals surface area contributed by atoms with Crippen LogP contribution in [0.4, 0.5) is 14.7 Å². The molecule has 9 heteroatoms. The topological polar surface area (TPSA) is 77.2 Å². The number of ether oxygens (including phenoxy) is 1. The molecule has 4 rings (SSSR count). The number of aryl methyl sites for hydroxylation is 1. The maximum atomic E-state index is 14.5. The number of aromatic nitrogens is 2. The zero-order chi connectivity index (χ0) is 23.5. The molecule has 0 saturated carbocycles. The number of pyridine rings is 2. The molecule has 0 unspecified atom stereocenters. The van der Waals surface area contributed by atoms with Crippen molar-refractivity contribution in [3.05, 3.63) is 83.0 Å². The van der Waals surface area contributed by atoms with Crippen molar-refractivity contribution in [3.63, 3.8) is 0 Å². The third-order valence-corrected chi connectivity index (χ3v) is 5.01. The lowest BCUT2D eigenvalue weighted by molar-refractivity contribution is 0.102. The first kappa shape index (κ1) is 22.4. The molecule has 1 N–H and O–H groups in total. The van der Waals surface area contributed by atoms with Crippen LogP contribution in [0.2, 0.25) is 5.02 Å². The van der Waals surface area contributed by atoms with Gasteiger partial charge in [-0.1, -0.05) is 11.6 Å². The van der Waals surface area contributed by atoms with Gasteiger partial charge in [0, 0.05) is 22.2 Å². The molecule has 1 amide bonds. The normalized spacial score (nSPS) is 10.8. The summed E-state index contributed by atoms with van der Waals surface area (Å²) in [5.41, 5.74) is 2.00. The van der Waals surface area contributed by atoms with Crippen LogP contribution in [0.25, 0.3) is 22.4 Å². The first-order chi connectivity index (χ1) is 15.9. The average Bonchev–Trinajstić information content (AvgIpc) is 3.26. The van der Waals surface area contributed by atoms with E-state index in [-0.39, 0.29) is 22.7 Å². The van der Waals surface area contributed by atoms with Crippen LogP contribution in [0.5, 0.6) is 5.75 Å². The van der Waals surface area contributed by atoms with Crippen LogP contribution in [-0.4, -0.2) is 22.5 Å². The van der Waals surface area contributed by atoms with Crippen LogP contribution in [-0.2, 0) is 0 Å². The highest BCUT2D eigenvalue weighted by molar-refractivity contribution is 6.31. The fourth-order valence-electron chi connectivity index (χ4n) is 3.39. The van der Waals surface area contributed by atoms with Gasteiger partial charge in [0.05, 0.1) is 30.3 Å². The number of hydrogen-bond donors (Lipinski definition) is 1. The molecule has 0 radical (unpaired) electrons. The molecule has 0 atom stereocenters. The van der Waals surface area contributed by atoms with Gasteiger partial charge in [0.2, 0.25) is 11.9 Å². The molecule has 3 aromatic heterocycles. The van der Waals surface area contributed by atoms with E-state index in [4.69, 9.17) is 20.8 Å². The summed E-state index contributed by atoms with van der Waals surface area (Å²) in [7, 11) is 0. The molecule has 3 heterocycles. The van der Waals surface area contributed by atoms with E-state index < -0.39 is 17.8 Å². The lowest BCUT2D eigenvalue weighted by Gasteiger charge is -2.14. The average molecular weight is 470 g/mol. The Labute approximate surface area is 193 Å². The van der Waals surface area contributed by atoms with Gasteiger partial charge < -0.3 is 9.15 Å². The van der Waals surface area contributed by atoms with Crippen LogP contribution in [0.1, 0.15) is 22.8 Å². The largest absolute Gasteiger partial charge is 0.492 e. The van der Waals surface area contributed by atoms with Crippen LogP contribution in [0, 0.1) is 18.8 Å². The lowest BCUT2D eigenvalue weighted by Crippen LogP contribution is -2.11. The number of benzene rings is 1. The van der Waals surface area contributed by atoms with Gasteiger partial charge in [0.25, 0.3) is 5.91 Å². The first-order valence-corrected chi connectivity index (χ1v) is 10.3. The Bertz CT molecular complexity index is 1300. The SMILES string of the molecule is CCOc1cnc(-c2c(C)cc(F)nc2F)cc1-c1cc(Cl)cc(C(=O)Nc2ccco2)c1. The van der Waals surface area contributed by atoms with E-state index >= 15 is 0 Å². The van der Waals surface area contributed by atoms with Gasteiger partial charge in [0.15, 0.2) is 5.88 Å². The highest BCUT2D eigenvalue weighted by atomic mass is 35.5. The molecule has 0 saturated heterocycles. The Morgan fingerprint density at radius 1 is 1.21 bits per heavy atom. The van der Waals surface area contributed by atoms with Crippen molar-refractivity contribution in [1.29, 1.82) is 0 Å². The molecule has 6 nitrogen and oxygen atoms in total. The monoisotopic (exact) mass is 469 g/mol. The maximum absolute atomic E-state index is 14.5. The number of anilines is 1. The number of halogens is 3. The number of rotatable bonds is 6. The first-order valence-electron chi connectivity index (χ1n) is 9.97. The second kappa shape index (κ2) is 9.38. The summed E-state index contributed by atoms with van der Waals surface area (Å²) in [5, 5.41) is 2.95. The fourth-order valence-corrected chi connectivity index (χ4v) is 3.62. The zero-order valence-corrected chi connectivity index (χ0v) is 18.4. The van der Waals surface area contributed by atoms with Gasteiger partial charge in [-0.05, 0) is 61.4 Å². The quantitative estimate of drug-likeness (QED) is 0.335. The van der Waals surface area contributed by atoms with Crippen molar-refractivity contribution in [1.82, 2.24) is 9.97 Å². The third-order valence-electron chi connectivity index (χ3n) is 4.79. The minimum Gasteiger partial charge on any atom is -0.492 e. The molecule has 168 valence electrons. The van der Waals surface area contributed by atoms with Crippen LogP contribution >= 0.6 is 11.6 Å². The Morgan fingerprint density at radius 2 is 2.03 bits per heavy atom. The van der Waals surface area contributed by atoms with E-state index in [1.54, 1.807) is 37.3 Å². The van der Waals surface area contributed by atoms with Gasteiger partial charge in [0.1, 0.15) is 5.75 Å². The highest BCUT2D eigenvalue weighted by Crippen LogP contribution is 2.36. The van der Waals surface area contributed by atoms with Crippen LogP contribution in [0.15, 0.2) is 59.3 Å². The van der Waals surface area contributed by atoms with Gasteiger partial charge in [-0.2, -0.15) is 13.8 Å². The van der Waals surface area contributed by atoms with Crippen molar-refractivity contribution >= 4 is 23.4 Å². The second-order valence-electron chi connectivity index (χ2n) is 7.09. The molecule has 0 aliphatic rings. The van der Waals surface area contributed by atoms with Crippen LogP contribution in [0.3, 0.4) is 0 Å². The van der Waals surface area contributed by atoms with E-state index in [1.807, 2.05) is 6.92 Å². The third kappa shape index (κ3) is 4.85. The van der Waals surface area contributed by atoms with Crippen molar-refractivity contribution < 1.29 is 22.7 Å². The van der Waals surface area contributed by atoms with Crippen molar-refractivity contribution in [2.24, 2.45) is 0 Å². The number of hydrogen-bond acceptors (Lipinski definition) is 5. The number of amides is 1. The smallest absolute Gasteiger partial charge is 0.258 e. The molecule has 33 heavy (non-hydrogen) atoms. The molecule has 0 bridgehead atoms. The van der Waals surface area contributed by atoms with E-state index in [9.17, 15) is 13.6 Å². The Morgan fingerprint density at radius 3 is 2.73 bits per heavy atom. The van der Waals surface area contributed by atoms with E-state index in [0.717, 1.165) is 6.07 Å². The Kier molecular flexibility index (Phi) is 6.37. The molecular weight excluding hydrogens is 452 g/mol. The van der Waals surface area contributed by atoms with Crippen molar-refractivity contribution in [3.8, 4) is 28.1 Å². The second-order valence-corrected chi connectivity index (χ2v) is 7.52. The molecule has 0 fully saturated rings. The zero-order valence-electron chi connectivity index (χ0n) is 17.7. The molecule has 0 aliphatic carbocycles. The molecule has 0 spiro atoms. The van der Waals surface area contributed by atoms with E-state index in [2.05, 4.69) is 15.3 Å². The predicted molar refractivity (Wildman–Crippen MR) is 120 cm³/mol. The van der Waals surface area contributed by atoms with Gasteiger partial charge in [-0.15, -0.1) is 0 Å². The van der Waals surface area contributed by atoms with Gasteiger partial charge >= 0.3 is 0 Å². The Hall–Kier alpha value is -3.78. The highest BCUT2D eigenvalue weighted by Gasteiger charge is 2.18. The standard InChI is InChI=1S/C24H18ClF2N3O3/c1-3-32-19-12-28-18(22-13(2)7-20(26)29-23(22)27)11-17(19)14-8-15(10-16(25)9-14)24(31)30-21-5-4-6-33-21/h4-12H,3H2,1-2H3,(H,30,31). The molecule has 0 aliphatic heterocycles. The van der Waals surface area contributed by atoms with Crippen LogP contribution < -0.4 is 10.1 Å². The summed E-state index contributed by atoms with van der Waals surface area (Å²) in [4.78, 5) is 20.3. The van der Waals surface area contributed by atoms with E-state index in [1.165, 1.54) is 18.5 Å². The number of nitrogens with one attached hydrogen (secondary N) is 1. The predicted octanol–water partition coefficient (Wildman–Crippen LogP) is 6.29. The summed E-state index contributed by atoms with van der Waals surface area (Å²) >= 11 is 6.31. The Balaban J connectivity index is 1.81. The molecular formula is C24H18ClF2N3O3. The summed E-state index contributed by atoms with van der Waals surface area (Å²) in [6.07, 6.45) is 2.89. The minimum atomic E-state index is -0.972. The van der Waals surface area contributed by atoms with Gasteiger partial charge in [-0.25, -0.2) is 0 Å². The fraction of sp³-hybridized carbons (Fsp3) is 0.125. The summed E-state index contributed by atoms with van der Waals surface area (Å²) in [6, 6.07) is 10.8. The summed E-state index contributed by atoms with van der Waals surface area (Å²) in [5.74, 6) is -1.61. The van der Waals surface area contributed by atoms with Crippen molar-refractivity contribution in [2.45, 2.75) is 13.8 Å². The number of furan rings is 1. The van der Waals surface area contributed by atoms with E-state index in [0.29, 0.717) is 34.1 Å². The number of nitrogens with zero attached hydrogens (tertiary/aromatic N) is 2. The summed E-state index contributed by atoms with van der Waals surface area (Å²) in [6.45, 7) is 3.73. The number of carbonyl (C=O) groups excluding carboxylic acids is 1. The number of carbonyl (C=O) groups is 1. The summed E-state index contributed by atoms with van der Waals surface area (Å²) < 4.78 is 38.8. The van der Waals surface area contributed by atoms with Gasteiger partial charge in [-0.3, -0.25) is 15.1 Å². The lowest BCUT2D eigenvalue weighted by atomic mass is 9.99. The molecule has 4 aromatic rings.